The van der Waals surface area contributed by atoms with Crippen LogP contribution < -0.4 is 10.2 Å². The van der Waals surface area contributed by atoms with Gasteiger partial charge in [-0.2, -0.15) is 0 Å². The Hall–Kier alpha value is -2.47. The number of aromatic nitrogens is 2. The third-order valence-electron chi connectivity index (χ3n) is 5.05. The molecule has 0 unspecified atom stereocenters. The number of carbonyl (C=O) groups is 1. The Morgan fingerprint density at radius 3 is 2.63 bits per heavy atom. The molecule has 6 nitrogen and oxygen atoms in total. The van der Waals surface area contributed by atoms with Gasteiger partial charge in [0.15, 0.2) is 0 Å². The Morgan fingerprint density at radius 2 is 1.89 bits per heavy atom. The van der Waals surface area contributed by atoms with Gasteiger partial charge in [0.05, 0.1) is 11.4 Å². The molecule has 0 atom stereocenters. The molecule has 1 aliphatic rings. The Bertz CT molecular complexity index is 784. The van der Waals surface area contributed by atoms with Gasteiger partial charge in [0.2, 0.25) is 5.91 Å². The summed E-state index contributed by atoms with van der Waals surface area (Å²) >= 11 is 0. The average molecular weight is 367 g/mol. The molecule has 2 heterocycles. The van der Waals surface area contributed by atoms with Gasteiger partial charge < -0.3 is 10.2 Å². The summed E-state index contributed by atoms with van der Waals surface area (Å²) in [5, 5.41) is 3.06. The van der Waals surface area contributed by atoms with Crippen molar-refractivity contribution in [2.75, 3.05) is 42.9 Å². The first-order valence-corrected chi connectivity index (χ1v) is 9.72. The van der Waals surface area contributed by atoms with E-state index in [1.165, 1.54) is 5.56 Å². The van der Waals surface area contributed by atoms with Gasteiger partial charge >= 0.3 is 0 Å². The fraction of sp³-hybridized carbons (Fsp3) is 0.476. The fourth-order valence-electron chi connectivity index (χ4n) is 3.43. The summed E-state index contributed by atoms with van der Waals surface area (Å²) in [6, 6.07) is 8.00. The summed E-state index contributed by atoms with van der Waals surface area (Å²) in [4.78, 5) is 26.0. The molecule has 1 fully saturated rings. The van der Waals surface area contributed by atoms with Crippen molar-refractivity contribution in [3.8, 4) is 0 Å². The fourth-order valence-corrected chi connectivity index (χ4v) is 3.43. The topological polar surface area (TPSA) is 61.4 Å². The highest BCUT2D eigenvalue weighted by atomic mass is 16.1. The summed E-state index contributed by atoms with van der Waals surface area (Å²) in [6.07, 6.45) is 3.24. The van der Waals surface area contributed by atoms with E-state index in [0.717, 1.165) is 62.0 Å². The van der Waals surface area contributed by atoms with Gasteiger partial charge in [-0.3, -0.25) is 14.7 Å². The van der Waals surface area contributed by atoms with Crippen molar-refractivity contribution < 1.29 is 4.79 Å². The second-order valence-electron chi connectivity index (χ2n) is 7.06. The number of anilines is 2. The molecular weight excluding hydrogens is 338 g/mol. The first-order chi connectivity index (χ1) is 13.1. The normalized spacial score (nSPS) is 15.0. The van der Waals surface area contributed by atoms with E-state index in [1.807, 2.05) is 38.2 Å². The lowest BCUT2D eigenvalue weighted by Gasteiger charge is -2.35. The number of benzene rings is 1. The highest BCUT2D eigenvalue weighted by Crippen LogP contribution is 2.18. The van der Waals surface area contributed by atoms with Gasteiger partial charge in [0.1, 0.15) is 5.82 Å². The molecule has 0 radical (unpaired) electrons. The maximum Gasteiger partial charge on any atom is 0.225 e. The quantitative estimate of drug-likeness (QED) is 0.851. The van der Waals surface area contributed by atoms with Crippen LogP contribution in [0.5, 0.6) is 0 Å². The average Bonchev–Trinajstić information content (AvgIpc) is 2.69. The standard InChI is InChI=1S/C21H29N5O/c1-4-18-7-5-6-8-19(18)24-20(27)9-10-25-11-13-26(14-12-25)21-17(3)22-15-16(2)23-21/h5-8,15H,4,9-14H2,1-3H3,(H,24,27). The number of amides is 1. The number of rotatable bonds is 6. The zero-order valence-electron chi connectivity index (χ0n) is 16.5. The predicted molar refractivity (Wildman–Crippen MR) is 109 cm³/mol. The van der Waals surface area contributed by atoms with E-state index in [4.69, 9.17) is 0 Å². The number of nitrogens with zero attached hydrogens (tertiary/aromatic N) is 4. The molecular formula is C21H29N5O. The van der Waals surface area contributed by atoms with Crippen molar-refractivity contribution in [3.05, 3.63) is 47.4 Å². The second-order valence-corrected chi connectivity index (χ2v) is 7.06. The number of para-hydroxylation sites is 1. The van der Waals surface area contributed by atoms with Gasteiger partial charge in [0.25, 0.3) is 0 Å². The zero-order valence-corrected chi connectivity index (χ0v) is 16.5. The van der Waals surface area contributed by atoms with Crippen molar-refractivity contribution in [2.45, 2.75) is 33.6 Å². The summed E-state index contributed by atoms with van der Waals surface area (Å²) in [5.41, 5.74) is 4.03. The zero-order chi connectivity index (χ0) is 19.2. The number of hydrogen-bond acceptors (Lipinski definition) is 5. The molecule has 1 aromatic heterocycles. The Balaban J connectivity index is 1.47. The van der Waals surface area contributed by atoms with E-state index < -0.39 is 0 Å². The molecule has 144 valence electrons. The third kappa shape index (κ3) is 5.04. The van der Waals surface area contributed by atoms with E-state index >= 15 is 0 Å². The molecule has 1 N–H and O–H groups in total. The predicted octanol–water partition coefficient (Wildman–Crippen LogP) is 2.81. The Morgan fingerprint density at radius 1 is 1.15 bits per heavy atom. The van der Waals surface area contributed by atoms with Crippen molar-refractivity contribution >= 4 is 17.4 Å². The van der Waals surface area contributed by atoms with Gasteiger partial charge in [-0.25, -0.2) is 4.98 Å². The van der Waals surface area contributed by atoms with Crippen LogP contribution in [0.15, 0.2) is 30.5 Å². The third-order valence-corrected chi connectivity index (χ3v) is 5.05. The van der Waals surface area contributed by atoms with E-state index in [0.29, 0.717) is 6.42 Å². The van der Waals surface area contributed by atoms with Gasteiger partial charge in [-0.05, 0) is 31.9 Å². The first kappa shape index (κ1) is 19.3. The van der Waals surface area contributed by atoms with Crippen molar-refractivity contribution in [1.82, 2.24) is 14.9 Å². The number of carbonyl (C=O) groups excluding carboxylic acids is 1. The minimum atomic E-state index is 0.0822. The second kappa shape index (κ2) is 8.95. The minimum Gasteiger partial charge on any atom is -0.353 e. The van der Waals surface area contributed by atoms with Crippen LogP contribution in [0, 0.1) is 13.8 Å². The van der Waals surface area contributed by atoms with Crippen LogP contribution in [0.25, 0.3) is 0 Å². The van der Waals surface area contributed by atoms with E-state index in [-0.39, 0.29) is 5.91 Å². The summed E-state index contributed by atoms with van der Waals surface area (Å²) in [6.45, 7) is 10.6. The van der Waals surface area contributed by atoms with Crippen LogP contribution in [0.4, 0.5) is 11.5 Å². The summed E-state index contributed by atoms with van der Waals surface area (Å²) in [5.74, 6) is 1.07. The van der Waals surface area contributed by atoms with Crippen molar-refractivity contribution in [3.63, 3.8) is 0 Å². The molecule has 0 saturated carbocycles. The number of hydrogen-bond donors (Lipinski definition) is 1. The van der Waals surface area contributed by atoms with Crippen LogP contribution in [-0.2, 0) is 11.2 Å². The maximum atomic E-state index is 12.3. The monoisotopic (exact) mass is 367 g/mol. The molecule has 6 heteroatoms. The molecule has 2 aromatic rings. The Labute approximate surface area is 161 Å². The molecule has 1 aliphatic heterocycles. The largest absolute Gasteiger partial charge is 0.353 e. The number of piperazine rings is 1. The molecule has 0 bridgehead atoms. The number of nitrogens with one attached hydrogen (secondary N) is 1. The molecule has 0 aliphatic carbocycles. The molecule has 0 spiro atoms. The molecule has 27 heavy (non-hydrogen) atoms. The van der Waals surface area contributed by atoms with E-state index in [9.17, 15) is 4.79 Å². The van der Waals surface area contributed by atoms with Crippen LogP contribution in [0.3, 0.4) is 0 Å². The van der Waals surface area contributed by atoms with Crippen LogP contribution in [-0.4, -0.2) is 53.5 Å². The molecule has 3 rings (SSSR count). The molecule has 1 saturated heterocycles. The molecule has 1 aromatic carbocycles. The van der Waals surface area contributed by atoms with Crippen molar-refractivity contribution in [1.29, 1.82) is 0 Å². The van der Waals surface area contributed by atoms with E-state index in [1.54, 1.807) is 0 Å². The SMILES string of the molecule is CCc1ccccc1NC(=O)CCN1CCN(c2nc(C)cnc2C)CC1. The lowest BCUT2D eigenvalue weighted by molar-refractivity contribution is -0.116. The van der Waals surface area contributed by atoms with Gasteiger partial charge in [-0.1, -0.05) is 25.1 Å². The lowest BCUT2D eigenvalue weighted by atomic mass is 10.1. The molecule has 1 amide bonds. The van der Waals surface area contributed by atoms with Gasteiger partial charge in [-0.15, -0.1) is 0 Å². The summed E-state index contributed by atoms with van der Waals surface area (Å²) in [7, 11) is 0. The highest BCUT2D eigenvalue weighted by Gasteiger charge is 2.20. The van der Waals surface area contributed by atoms with E-state index in [2.05, 4.69) is 38.1 Å². The summed E-state index contributed by atoms with van der Waals surface area (Å²) < 4.78 is 0. The van der Waals surface area contributed by atoms with Crippen LogP contribution in [0.2, 0.25) is 0 Å². The Kier molecular flexibility index (Phi) is 6.40. The lowest BCUT2D eigenvalue weighted by Crippen LogP contribution is -2.47. The maximum absolute atomic E-state index is 12.3. The smallest absolute Gasteiger partial charge is 0.225 e. The first-order valence-electron chi connectivity index (χ1n) is 9.72. The minimum absolute atomic E-state index is 0.0822. The van der Waals surface area contributed by atoms with Gasteiger partial charge in [0, 0.05) is 51.0 Å². The highest BCUT2D eigenvalue weighted by molar-refractivity contribution is 5.91. The van der Waals surface area contributed by atoms with Crippen LogP contribution >= 0.6 is 0 Å². The van der Waals surface area contributed by atoms with Crippen molar-refractivity contribution in [2.24, 2.45) is 0 Å². The number of aryl methyl sites for hydroxylation is 3. The van der Waals surface area contributed by atoms with Crippen LogP contribution in [0.1, 0.15) is 30.3 Å².